The van der Waals surface area contributed by atoms with Crippen molar-refractivity contribution in [3.8, 4) is 0 Å². The molecule has 2 aromatic carbocycles. The molecule has 1 aliphatic carbocycles. The van der Waals surface area contributed by atoms with E-state index < -0.39 is 9.70 Å². The zero-order valence-electron chi connectivity index (χ0n) is 17.4. The molecule has 2 aromatic rings. The van der Waals surface area contributed by atoms with E-state index in [1.165, 1.54) is 16.0 Å². The van der Waals surface area contributed by atoms with Gasteiger partial charge in [0.15, 0.2) is 0 Å². The maximum absolute atomic E-state index is 12.9. The average Bonchev–Trinajstić information content (AvgIpc) is 2.74. The van der Waals surface area contributed by atoms with Crippen molar-refractivity contribution in [1.82, 2.24) is 4.90 Å². The van der Waals surface area contributed by atoms with Gasteiger partial charge in [-0.1, -0.05) is 95.5 Å². The zero-order valence-corrected chi connectivity index (χ0v) is 20.5. The van der Waals surface area contributed by atoms with Crippen LogP contribution in [0.1, 0.15) is 31.7 Å². The second-order valence-electron chi connectivity index (χ2n) is 7.86. The Kier molecular flexibility index (Phi) is 8.58. The van der Waals surface area contributed by atoms with Gasteiger partial charge in [-0.2, -0.15) is 0 Å². The molecule has 1 aliphatic rings. The highest BCUT2D eigenvalue weighted by Gasteiger charge is 2.36. The SMILES string of the molecule is C=C(C)[C@@H]1CC/C(=C\N(Cc2ccccc2)C(=O)C(Cl)(Cl)Cl)[C@H](Sc2ccccc2)C1. The molecule has 31 heavy (non-hydrogen) atoms. The minimum absolute atomic E-state index is 0.222. The summed E-state index contributed by atoms with van der Waals surface area (Å²) < 4.78 is -2.01. The van der Waals surface area contributed by atoms with Crippen molar-refractivity contribution in [1.29, 1.82) is 0 Å². The van der Waals surface area contributed by atoms with Crippen molar-refractivity contribution in [3.63, 3.8) is 0 Å². The Hall–Kier alpha value is -1.39. The number of amides is 1. The molecule has 0 radical (unpaired) electrons. The van der Waals surface area contributed by atoms with Gasteiger partial charge < -0.3 is 4.90 Å². The number of thioether (sulfide) groups is 1. The average molecular weight is 495 g/mol. The van der Waals surface area contributed by atoms with Crippen LogP contribution < -0.4 is 0 Å². The second-order valence-corrected chi connectivity index (χ2v) is 11.4. The zero-order chi connectivity index (χ0) is 22.4. The number of halogens is 3. The van der Waals surface area contributed by atoms with Crippen molar-refractivity contribution >= 4 is 52.5 Å². The number of allylic oxidation sites excluding steroid dienone is 1. The predicted molar refractivity (Wildman–Crippen MR) is 134 cm³/mol. The van der Waals surface area contributed by atoms with Crippen molar-refractivity contribution in [2.45, 2.75) is 46.7 Å². The second kappa shape index (κ2) is 11.0. The molecule has 0 bridgehead atoms. The van der Waals surface area contributed by atoms with E-state index in [4.69, 9.17) is 34.8 Å². The van der Waals surface area contributed by atoms with Crippen LogP contribution in [0.15, 0.2) is 89.5 Å². The molecule has 1 amide bonds. The number of nitrogens with zero attached hydrogens (tertiary/aromatic N) is 1. The third-order valence-corrected chi connectivity index (χ3v) is 7.24. The molecule has 0 unspecified atom stereocenters. The van der Waals surface area contributed by atoms with E-state index in [0.29, 0.717) is 12.5 Å². The number of rotatable bonds is 6. The molecule has 0 saturated heterocycles. The highest BCUT2D eigenvalue weighted by molar-refractivity contribution is 8.00. The van der Waals surface area contributed by atoms with Crippen LogP contribution in [0.4, 0.5) is 0 Å². The van der Waals surface area contributed by atoms with Gasteiger partial charge in [-0.15, -0.1) is 11.8 Å². The van der Waals surface area contributed by atoms with Crippen molar-refractivity contribution < 1.29 is 4.79 Å². The Morgan fingerprint density at radius 2 is 1.74 bits per heavy atom. The van der Waals surface area contributed by atoms with E-state index in [0.717, 1.165) is 24.8 Å². The minimum atomic E-state index is -2.01. The van der Waals surface area contributed by atoms with Crippen LogP contribution in [-0.2, 0) is 11.3 Å². The lowest BCUT2D eigenvalue weighted by Crippen LogP contribution is -2.36. The third kappa shape index (κ3) is 7.05. The summed E-state index contributed by atoms with van der Waals surface area (Å²) in [6.07, 6.45) is 4.77. The predicted octanol–water partition coefficient (Wildman–Crippen LogP) is 7.81. The molecule has 1 fully saturated rings. The molecule has 2 nitrogen and oxygen atoms in total. The lowest BCUT2D eigenvalue weighted by molar-refractivity contribution is -0.128. The molecule has 2 atom stereocenters. The van der Waals surface area contributed by atoms with Crippen LogP contribution in [0, 0.1) is 5.92 Å². The fraction of sp³-hybridized carbons (Fsp3) is 0.320. The van der Waals surface area contributed by atoms with Crippen LogP contribution >= 0.6 is 46.6 Å². The van der Waals surface area contributed by atoms with Crippen molar-refractivity contribution in [3.05, 3.63) is 90.2 Å². The van der Waals surface area contributed by atoms with Crippen LogP contribution in [0.25, 0.3) is 0 Å². The third-order valence-electron chi connectivity index (χ3n) is 5.43. The highest BCUT2D eigenvalue weighted by atomic mass is 35.6. The number of alkyl halides is 3. The minimum Gasteiger partial charge on any atom is -0.311 e. The van der Waals surface area contributed by atoms with Gasteiger partial charge in [-0.25, -0.2) is 0 Å². The molecule has 0 N–H and O–H groups in total. The van der Waals surface area contributed by atoms with Gasteiger partial charge in [-0.05, 0) is 55.4 Å². The number of carbonyl (C=O) groups excluding carboxylic acids is 1. The van der Waals surface area contributed by atoms with Gasteiger partial charge >= 0.3 is 0 Å². The maximum Gasteiger partial charge on any atom is 0.278 e. The summed E-state index contributed by atoms with van der Waals surface area (Å²) >= 11 is 19.8. The molecular formula is C25H26Cl3NOS. The van der Waals surface area contributed by atoms with Gasteiger partial charge in [-0.3, -0.25) is 4.79 Å². The largest absolute Gasteiger partial charge is 0.311 e. The Morgan fingerprint density at radius 3 is 2.32 bits per heavy atom. The van der Waals surface area contributed by atoms with Gasteiger partial charge in [0.1, 0.15) is 0 Å². The smallest absolute Gasteiger partial charge is 0.278 e. The van der Waals surface area contributed by atoms with Crippen LogP contribution in [-0.4, -0.2) is 19.8 Å². The summed E-state index contributed by atoms with van der Waals surface area (Å²) in [5.41, 5.74) is 3.37. The van der Waals surface area contributed by atoms with Crippen LogP contribution in [0.3, 0.4) is 0 Å². The van der Waals surface area contributed by atoms with Gasteiger partial charge in [0.05, 0.1) is 6.54 Å². The molecule has 0 aromatic heterocycles. The van der Waals surface area contributed by atoms with E-state index in [-0.39, 0.29) is 5.25 Å². The first-order valence-corrected chi connectivity index (χ1v) is 12.2. The number of hydrogen-bond donors (Lipinski definition) is 0. The maximum atomic E-state index is 12.9. The lowest BCUT2D eigenvalue weighted by Gasteiger charge is -2.33. The van der Waals surface area contributed by atoms with Gasteiger partial charge in [0.25, 0.3) is 9.70 Å². The van der Waals surface area contributed by atoms with Gasteiger partial charge in [0, 0.05) is 16.3 Å². The normalized spacial score (nSPS) is 20.5. The Morgan fingerprint density at radius 1 is 1.13 bits per heavy atom. The fourth-order valence-electron chi connectivity index (χ4n) is 3.73. The van der Waals surface area contributed by atoms with E-state index in [9.17, 15) is 4.79 Å². The standard InChI is InChI=1S/C25H26Cl3NOS/c1-18(2)20-13-14-21(23(15-20)31-22-11-7-4-8-12-22)17-29(24(30)25(26,27)28)16-19-9-5-3-6-10-19/h3-12,17,20,23H,1,13-16H2,2H3/b21-17+/t20-,23-/m1/s1. The molecular weight excluding hydrogens is 469 g/mol. The summed E-state index contributed by atoms with van der Waals surface area (Å²) in [5, 5.41) is 0.222. The van der Waals surface area contributed by atoms with Crippen molar-refractivity contribution in [2.75, 3.05) is 0 Å². The Labute approximate surface area is 204 Å². The Balaban J connectivity index is 1.92. The summed E-state index contributed by atoms with van der Waals surface area (Å²) in [6.45, 7) is 6.62. The first kappa shape index (κ1) is 24.3. The van der Waals surface area contributed by atoms with Crippen LogP contribution in [0.2, 0.25) is 0 Å². The summed E-state index contributed by atoms with van der Waals surface area (Å²) in [6, 6.07) is 20.1. The fourth-order valence-corrected chi connectivity index (χ4v) is 5.36. The topological polar surface area (TPSA) is 20.3 Å². The summed E-state index contributed by atoms with van der Waals surface area (Å²) in [7, 11) is 0. The van der Waals surface area contributed by atoms with Crippen molar-refractivity contribution in [2.24, 2.45) is 5.92 Å². The molecule has 164 valence electrons. The molecule has 0 heterocycles. The molecule has 0 aliphatic heterocycles. The van der Waals surface area contributed by atoms with Gasteiger partial charge in [0.2, 0.25) is 0 Å². The molecule has 0 spiro atoms. The van der Waals surface area contributed by atoms with E-state index in [1.54, 1.807) is 4.90 Å². The lowest BCUT2D eigenvalue weighted by atomic mass is 9.82. The number of benzene rings is 2. The molecule has 3 rings (SSSR count). The first-order chi connectivity index (χ1) is 14.7. The quantitative estimate of drug-likeness (QED) is 0.301. The Bertz CT molecular complexity index is 925. The summed E-state index contributed by atoms with van der Waals surface area (Å²) in [4.78, 5) is 15.7. The van der Waals surface area contributed by atoms with E-state index in [1.807, 2.05) is 66.5 Å². The van der Waals surface area contributed by atoms with Crippen LogP contribution in [0.5, 0.6) is 0 Å². The monoisotopic (exact) mass is 493 g/mol. The highest BCUT2D eigenvalue weighted by Crippen LogP contribution is 2.42. The van der Waals surface area contributed by atoms with E-state index in [2.05, 4.69) is 25.6 Å². The van der Waals surface area contributed by atoms with E-state index >= 15 is 0 Å². The number of carbonyl (C=O) groups is 1. The summed E-state index contributed by atoms with van der Waals surface area (Å²) in [5.74, 6) is -0.0795. The molecule has 1 saturated carbocycles. The number of hydrogen-bond acceptors (Lipinski definition) is 2. The first-order valence-electron chi connectivity index (χ1n) is 10.2. The molecule has 6 heteroatoms.